The molecule has 1 unspecified atom stereocenters. The van der Waals surface area contributed by atoms with Gasteiger partial charge in [0.25, 0.3) is 0 Å². The number of phenolic OH excluding ortho intramolecular Hbond substituents is 1. The van der Waals surface area contributed by atoms with E-state index in [4.69, 9.17) is 15.6 Å². The van der Waals surface area contributed by atoms with Gasteiger partial charge in [-0.3, -0.25) is 4.79 Å². The van der Waals surface area contributed by atoms with Gasteiger partial charge in [-0.2, -0.15) is 0 Å². The molecule has 0 aliphatic carbocycles. The highest BCUT2D eigenvalue weighted by Crippen LogP contribution is 2.35. The smallest absolute Gasteiger partial charge is 0.320 e. The molecule has 0 radical (unpaired) electrons. The molecule has 0 saturated heterocycles. The van der Waals surface area contributed by atoms with Crippen molar-refractivity contribution in [2.24, 2.45) is 5.73 Å². The largest absolute Gasteiger partial charge is 0.507 e. The number of phenols is 1. The number of aliphatic carboxylic acids is 1. The number of nitrogens with two attached hydrogens (primary N) is 1. The Morgan fingerprint density at radius 2 is 1.40 bits per heavy atom. The van der Waals surface area contributed by atoms with E-state index in [9.17, 15) is 9.90 Å². The molecular weight excluding hydrogens is 378 g/mol. The summed E-state index contributed by atoms with van der Waals surface area (Å²) in [7, 11) is 0. The lowest BCUT2D eigenvalue weighted by atomic mass is 10.00. The van der Waals surface area contributed by atoms with E-state index >= 15 is 0 Å². The fraction of sp³-hybridized carbons (Fsp3) is 0.480. The second-order valence-corrected chi connectivity index (χ2v) is 6.61. The van der Waals surface area contributed by atoms with Crippen molar-refractivity contribution < 1.29 is 19.7 Å². The van der Waals surface area contributed by atoms with Crippen LogP contribution in [-0.4, -0.2) is 22.2 Å². The molecule has 0 aromatic heterocycles. The molecule has 0 spiro atoms. The average molecular weight is 418 g/mol. The molecule has 4 N–H and O–H groups in total. The molecule has 0 amide bonds. The van der Waals surface area contributed by atoms with E-state index in [1.165, 1.54) is 0 Å². The van der Waals surface area contributed by atoms with Crippen molar-refractivity contribution in [3.05, 3.63) is 52.1 Å². The summed E-state index contributed by atoms with van der Waals surface area (Å²) in [5, 5.41) is 19.2. The lowest BCUT2D eigenvalue weighted by Gasteiger charge is -2.17. The zero-order chi connectivity index (χ0) is 23.4. The van der Waals surface area contributed by atoms with Crippen LogP contribution in [0.5, 0.6) is 17.2 Å². The average Bonchev–Trinajstić information content (AvgIpc) is 2.74. The summed E-state index contributed by atoms with van der Waals surface area (Å²) >= 11 is 0. The molecule has 0 aliphatic heterocycles. The fourth-order valence-corrected chi connectivity index (χ4v) is 3.10. The minimum absolute atomic E-state index is 0.274. The van der Waals surface area contributed by atoms with Gasteiger partial charge in [0.15, 0.2) is 0 Å². The molecule has 0 saturated carbocycles. The van der Waals surface area contributed by atoms with Gasteiger partial charge < -0.3 is 20.7 Å². The van der Waals surface area contributed by atoms with Gasteiger partial charge in [0.1, 0.15) is 23.3 Å². The molecule has 2 aromatic rings. The lowest BCUT2D eigenvalue weighted by Crippen LogP contribution is -2.32. The Bertz CT molecular complexity index is 767. The Morgan fingerprint density at radius 1 is 0.967 bits per heavy atom. The first-order valence-electron chi connectivity index (χ1n) is 10.9. The number of benzene rings is 2. The maximum Gasteiger partial charge on any atom is 0.320 e. The van der Waals surface area contributed by atoms with Crippen LogP contribution < -0.4 is 10.5 Å². The third kappa shape index (κ3) is 7.38. The van der Waals surface area contributed by atoms with E-state index in [-0.39, 0.29) is 6.42 Å². The summed E-state index contributed by atoms with van der Waals surface area (Å²) in [6, 6.07) is 6.63. The van der Waals surface area contributed by atoms with Crippen LogP contribution in [0.3, 0.4) is 0 Å². The van der Waals surface area contributed by atoms with Crippen LogP contribution >= 0.6 is 0 Å². The highest BCUT2D eigenvalue weighted by molar-refractivity contribution is 5.73. The fourth-order valence-electron chi connectivity index (χ4n) is 3.10. The maximum atomic E-state index is 11.0. The number of hydrogen-bond acceptors (Lipinski definition) is 4. The van der Waals surface area contributed by atoms with Crippen LogP contribution in [0.2, 0.25) is 0 Å². The van der Waals surface area contributed by atoms with E-state index in [1.54, 1.807) is 0 Å². The standard InChI is InChI=1S/C21H27NO4.2C2H6/c1-5-15-10-17(11-16(6-2)19(15)23)26-20-12(3)7-14(8-13(20)4)9-18(22)21(24)25;2*1-2/h7-8,10-11,18,23H,5-6,9,22H2,1-4H3,(H,24,25);2*1-2H3. The van der Waals surface area contributed by atoms with Gasteiger partial charge in [-0.15, -0.1) is 0 Å². The van der Waals surface area contributed by atoms with Gasteiger partial charge in [-0.25, -0.2) is 0 Å². The van der Waals surface area contributed by atoms with Gasteiger partial charge in [0, 0.05) is 0 Å². The van der Waals surface area contributed by atoms with Gasteiger partial charge in [-0.05, 0) is 73.1 Å². The quantitative estimate of drug-likeness (QED) is 0.519. The van der Waals surface area contributed by atoms with Crippen molar-refractivity contribution in [2.45, 2.75) is 80.7 Å². The first kappa shape index (κ1) is 27.5. The summed E-state index contributed by atoms with van der Waals surface area (Å²) in [6.07, 6.45) is 1.72. The minimum atomic E-state index is -1.01. The van der Waals surface area contributed by atoms with Crippen molar-refractivity contribution in [3.8, 4) is 17.2 Å². The van der Waals surface area contributed by atoms with Crippen molar-refractivity contribution in [1.29, 1.82) is 0 Å². The van der Waals surface area contributed by atoms with Crippen LogP contribution in [-0.2, 0) is 24.1 Å². The highest BCUT2D eigenvalue weighted by atomic mass is 16.5. The number of rotatable bonds is 7. The van der Waals surface area contributed by atoms with Crippen LogP contribution in [0.4, 0.5) is 0 Å². The number of carboxylic acids is 1. The summed E-state index contributed by atoms with van der Waals surface area (Å²) in [5.41, 5.74) is 10.1. The molecule has 0 heterocycles. The van der Waals surface area contributed by atoms with E-state index in [0.717, 1.165) is 46.4 Å². The predicted octanol–water partition coefficient (Wildman–Crippen LogP) is 5.93. The number of carboxylic acid groups (broad SMARTS) is 1. The summed E-state index contributed by atoms with van der Waals surface area (Å²) < 4.78 is 6.13. The first-order valence-corrected chi connectivity index (χ1v) is 10.9. The van der Waals surface area contributed by atoms with Gasteiger partial charge in [-0.1, -0.05) is 53.7 Å². The van der Waals surface area contributed by atoms with Crippen molar-refractivity contribution in [1.82, 2.24) is 0 Å². The number of hydrogen-bond donors (Lipinski definition) is 3. The van der Waals surface area contributed by atoms with Gasteiger partial charge >= 0.3 is 5.97 Å². The number of carbonyl (C=O) groups is 1. The Hall–Kier alpha value is -2.53. The monoisotopic (exact) mass is 417 g/mol. The maximum absolute atomic E-state index is 11.0. The Kier molecular flexibility index (Phi) is 12.5. The van der Waals surface area contributed by atoms with Crippen molar-refractivity contribution in [2.75, 3.05) is 0 Å². The molecule has 2 aromatic carbocycles. The Labute approximate surface area is 181 Å². The molecule has 0 fully saturated rings. The van der Waals surface area contributed by atoms with E-state index in [2.05, 4.69) is 0 Å². The van der Waals surface area contributed by atoms with Gasteiger partial charge in [0.2, 0.25) is 0 Å². The molecule has 0 aliphatic rings. The molecule has 0 bridgehead atoms. The van der Waals surface area contributed by atoms with Gasteiger partial charge in [0.05, 0.1) is 0 Å². The molecule has 5 heteroatoms. The molecule has 30 heavy (non-hydrogen) atoms. The van der Waals surface area contributed by atoms with Crippen LogP contribution in [0.1, 0.15) is 69.4 Å². The normalized spacial score (nSPS) is 10.8. The number of aromatic hydroxyl groups is 1. The Morgan fingerprint density at radius 3 is 1.77 bits per heavy atom. The topological polar surface area (TPSA) is 92.8 Å². The SMILES string of the molecule is CC.CC.CCc1cc(Oc2c(C)cc(CC(N)C(=O)O)cc2C)cc(CC)c1O. The molecule has 168 valence electrons. The zero-order valence-electron chi connectivity index (χ0n) is 19.8. The molecule has 5 nitrogen and oxygen atoms in total. The molecule has 1 atom stereocenters. The third-order valence-electron chi connectivity index (χ3n) is 4.52. The lowest BCUT2D eigenvalue weighted by molar-refractivity contribution is -0.138. The number of ether oxygens (including phenoxy) is 1. The van der Waals surface area contributed by atoms with E-state index in [1.807, 2.05) is 79.7 Å². The van der Waals surface area contributed by atoms with Crippen LogP contribution in [0.15, 0.2) is 24.3 Å². The van der Waals surface area contributed by atoms with Crippen molar-refractivity contribution >= 4 is 5.97 Å². The van der Waals surface area contributed by atoms with E-state index < -0.39 is 12.0 Å². The molecular formula is C25H39NO4. The highest BCUT2D eigenvalue weighted by Gasteiger charge is 2.16. The van der Waals surface area contributed by atoms with Crippen LogP contribution in [0.25, 0.3) is 0 Å². The third-order valence-corrected chi connectivity index (χ3v) is 4.52. The molecule has 2 rings (SSSR count). The summed E-state index contributed by atoms with van der Waals surface area (Å²) in [5.74, 6) is 0.767. The number of aryl methyl sites for hydroxylation is 4. The first-order chi connectivity index (χ1) is 14.3. The van der Waals surface area contributed by atoms with E-state index in [0.29, 0.717) is 11.5 Å². The zero-order valence-corrected chi connectivity index (χ0v) is 19.8. The summed E-state index contributed by atoms with van der Waals surface area (Å²) in [6.45, 7) is 15.9. The predicted molar refractivity (Wildman–Crippen MR) is 125 cm³/mol. The Balaban J connectivity index is 0.00000198. The summed E-state index contributed by atoms with van der Waals surface area (Å²) in [4.78, 5) is 11.0. The second-order valence-electron chi connectivity index (χ2n) is 6.61. The van der Waals surface area contributed by atoms with Crippen molar-refractivity contribution in [3.63, 3.8) is 0 Å². The van der Waals surface area contributed by atoms with Crippen LogP contribution in [0, 0.1) is 13.8 Å². The second kappa shape index (κ2) is 13.6. The minimum Gasteiger partial charge on any atom is -0.507 e.